The number of fused-ring (bicyclic) bond motifs is 1. The van der Waals surface area contributed by atoms with Crippen LogP contribution in [-0.4, -0.2) is 69.4 Å². The molecule has 8 heteroatoms. The van der Waals surface area contributed by atoms with Gasteiger partial charge in [0.1, 0.15) is 0 Å². The van der Waals surface area contributed by atoms with Crippen molar-refractivity contribution in [2.45, 2.75) is 45.1 Å². The Hall–Kier alpha value is -2.03. The molecule has 0 spiro atoms. The van der Waals surface area contributed by atoms with Gasteiger partial charge in [0, 0.05) is 57.3 Å². The van der Waals surface area contributed by atoms with Crippen LogP contribution in [0.4, 0.5) is 5.95 Å². The molecule has 4 rings (SSSR count). The van der Waals surface area contributed by atoms with E-state index in [0.29, 0.717) is 12.1 Å². The van der Waals surface area contributed by atoms with Crippen LogP contribution >= 0.6 is 0 Å². The summed E-state index contributed by atoms with van der Waals surface area (Å²) >= 11 is 0. The summed E-state index contributed by atoms with van der Waals surface area (Å²) in [5.74, 6) is 0.680. The van der Waals surface area contributed by atoms with Crippen molar-refractivity contribution in [2.24, 2.45) is 0 Å². The van der Waals surface area contributed by atoms with Gasteiger partial charge in [-0.2, -0.15) is 5.10 Å². The van der Waals surface area contributed by atoms with Crippen LogP contribution in [0.1, 0.15) is 29.8 Å². The first-order valence-corrected chi connectivity index (χ1v) is 9.75. The van der Waals surface area contributed by atoms with Crippen molar-refractivity contribution < 1.29 is 4.74 Å². The maximum atomic E-state index is 5.62. The average molecular weight is 371 g/mol. The van der Waals surface area contributed by atoms with E-state index < -0.39 is 0 Å². The van der Waals surface area contributed by atoms with Crippen LogP contribution in [0.5, 0.6) is 0 Å². The Bertz CT molecular complexity index is 737. The van der Waals surface area contributed by atoms with E-state index >= 15 is 0 Å². The molecular formula is C19H29N7O. The third-order valence-electron chi connectivity index (χ3n) is 5.03. The molecule has 2 aromatic rings. The van der Waals surface area contributed by atoms with E-state index in [1.54, 1.807) is 0 Å². The van der Waals surface area contributed by atoms with Gasteiger partial charge in [0.05, 0.1) is 24.0 Å². The van der Waals surface area contributed by atoms with E-state index in [9.17, 15) is 0 Å². The Labute approximate surface area is 160 Å². The highest BCUT2D eigenvalue weighted by molar-refractivity contribution is 5.25. The predicted molar refractivity (Wildman–Crippen MR) is 103 cm³/mol. The summed E-state index contributed by atoms with van der Waals surface area (Å²) in [5.41, 5.74) is 3.56. The number of hydrogen-bond donors (Lipinski definition) is 1. The molecule has 0 aliphatic carbocycles. The zero-order valence-corrected chi connectivity index (χ0v) is 16.3. The molecule has 1 fully saturated rings. The molecule has 27 heavy (non-hydrogen) atoms. The van der Waals surface area contributed by atoms with Gasteiger partial charge in [-0.05, 0) is 33.0 Å². The second-order valence-corrected chi connectivity index (χ2v) is 7.73. The minimum absolute atomic E-state index is 0.295. The van der Waals surface area contributed by atoms with Crippen LogP contribution in [0.15, 0.2) is 18.5 Å². The summed E-state index contributed by atoms with van der Waals surface area (Å²) < 4.78 is 7.76. The van der Waals surface area contributed by atoms with Crippen molar-refractivity contribution in [3.8, 4) is 0 Å². The van der Waals surface area contributed by atoms with Crippen molar-refractivity contribution in [2.75, 3.05) is 39.1 Å². The number of nitrogens with one attached hydrogen (secondary N) is 1. The van der Waals surface area contributed by atoms with Gasteiger partial charge >= 0.3 is 0 Å². The summed E-state index contributed by atoms with van der Waals surface area (Å²) in [6.07, 6.45) is 6.41. The smallest absolute Gasteiger partial charge is 0.222 e. The monoisotopic (exact) mass is 371 g/mol. The number of nitrogens with zero attached hydrogens (tertiary/aromatic N) is 6. The maximum Gasteiger partial charge on any atom is 0.222 e. The standard InChI is InChI=1S/C19H29N7O/c1-24(2)13-16-8-17-14-25(5-6-26(17)23-16)12-15-9-20-19(21-10-15)22-11-18-4-3-7-27-18/h8-10,18H,3-7,11-14H2,1-2H3,(H,20,21,22). The number of ether oxygens (including phenoxy) is 1. The maximum absolute atomic E-state index is 5.62. The van der Waals surface area contributed by atoms with Crippen LogP contribution in [0.3, 0.4) is 0 Å². The van der Waals surface area contributed by atoms with Crippen molar-refractivity contribution in [1.82, 2.24) is 29.5 Å². The molecular weight excluding hydrogens is 342 g/mol. The molecule has 1 unspecified atom stereocenters. The van der Waals surface area contributed by atoms with E-state index in [-0.39, 0.29) is 0 Å². The molecule has 146 valence electrons. The fraction of sp³-hybridized carbons (Fsp3) is 0.632. The molecule has 8 nitrogen and oxygen atoms in total. The zero-order chi connectivity index (χ0) is 18.6. The molecule has 0 aromatic carbocycles. The Morgan fingerprint density at radius 1 is 1.26 bits per heavy atom. The fourth-order valence-corrected chi connectivity index (χ4v) is 3.71. The minimum atomic E-state index is 0.295. The van der Waals surface area contributed by atoms with E-state index in [2.05, 4.69) is 49.9 Å². The van der Waals surface area contributed by atoms with E-state index in [1.165, 1.54) is 5.69 Å². The van der Waals surface area contributed by atoms with Crippen molar-refractivity contribution in [3.63, 3.8) is 0 Å². The molecule has 0 bridgehead atoms. The van der Waals surface area contributed by atoms with Gasteiger partial charge in [-0.1, -0.05) is 0 Å². The second kappa shape index (κ2) is 8.33. The largest absolute Gasteiger partial charge is 0.376 e. The average Bonchev–Trinajstić information content (AvgIpc) is 3.29. The van der Waals surface area contributed by atoms with Crippen molar-refractivity contribution in [1.29, 1.82) is 0 Å². The number of hydrogen-bond acceptors (Lipinski definition) is 7. The number of rotatable bonds is 7. The van der Waals surface area contributed by atoms with Crippen LogP contribution < -0.4 is 5.32 Å². The Kier molecular flexibility index (Phi) is 5.66. The molecule has 1 atom stereocenters. The van der Waals surface area contributed by atoms with E-state index in [1.807, 2.05) is 12.4 Å². The third-order valence-corrected chi connectivity index (χ3v) is 5.03. The Morgan fingerprint density at radius 3 is 2.85 bits per heavy atom. The minimum Gasteiger partial charge on any atom is -0.376 e. The molecule has 2 aliphatic rings. The molecule has 2 aromatic heterocycles. The molecule has 4 heterocycles. The SMILES string of the molecule is CN(C)Cc1cc2n(n1)CCN(Cc1cnc(NCC3CCCO3)nc1)C2. The fourth-order valence-electron chi connectivity index (χ4n) is 3.71. The first-order valence-electron chi connectivity index (χ1n) is 9.75. The third kappa shape index (κ3) is 4.82. The first-order chi connectivity index (χ1) is 13.2. The van der Waals surface area contributed by atoms with Gasteiger partial charge < -0.3 is 15.0 Å². The van der Waals surface area contributed by atoms with Crippen LogP contribution in [0.25, 0.3) is 0 Å². The highest BCUT2D eigenvalue weighted by Crippen LogP contribution is 2.17. The summed E-state index contributed by atoms with van der Waals surface area (Å²) in [5, 5.41) is 7.97. The molecule has 0 saturated carbocycles. The van der Waals surface area contributed by atoms with Gasteiger partial charge in [0.15, 0.2) is 0 Å². The normalized spacial score (nSPS) is 20.2. The summed E-state index contributed by atoms with van der Waals surface area (Å²) in [6, 6.07) is 2.22. The lowest BCUT2D eigenvalue weighted by Crippen LogP contribution is -2.33. The Morgan fingerprint density at radius 2 is 2.11 bits per heavy atom. The number of aromatic nitrogens is 4. The van der Waals surface area contributed by atoms with E-state index in [0.717, 1.165) is 70.0 Å². The molecule has 1 saturated heterocycles. The molecule has 2 aliphatic heterocycles. The van der Waals surface area contributed by atoms with Crippen LogP contribution in [0.2, 0.25) is 0 Å². The van der Waals surface area contributed by atoms with E-state index in [4.69, 9.17) is 9.84 Å². The topological polar surface area (TPSA) is 71.3 Å². The van der Waals surface area contributed by atoms with Crippen LogP contribution in [-0.2, 0) is 30.9 Å². The summed E-state index contributed by atoms with van der Waals surface area (Å²) in [6.45, 7) is 6.25. The quantitative estimate of drug-likeness (QED) is 0.787. The highest BCUT2D eigenvalue weighted by atomic mass is 16.5. The van der Waals surface area contributed by atoms with Crippen molar-refractivity contribution >= 4 is 5.95 Å². The van der Waals surface area contributed by atoms with Crippen LogP contribution in [0, 0.1) is 0 Å². The molecule has 0 amide bonds. The van der Waals surface area contributed by atoms with Crippen molar-refractivity contribution in [3.05, 3.63) is 35.4 Å². The van der Waals surface area contributed by atoms with Gasteiger partial charge in [-0.25, -0.2) is 9.97 Å². The molecule has 0 radical (unpaired) electrons. The van der Waals surface area contributed by atoms with Gasteiger partial charge in [0.2, 0.25) is 5.95 Å². The van der Waals surface area contributed by atoms with Gasteiger partial charge in [-0.15, -0.1) is 0 Å². The molecule has 1 N–H and O–H groups in total. The highest BCUT2D eigenvalue weighted by Gasteiger charge is 2.19. The van der Waals surface area contributed by atoms with Gasteiger partial charge in [-0.3, -0.25) is 9.58 Å². The predicted octanol–water partition coefficient (Wildman–Crippen LogP) is 1.34. The lowest BCUT2D eigenvalue weighted by Gasteiger charge is -2.27. The lowest BCUT2D eigenvalue weighted by molar-refractivity contribution is 0.120. The second-order valence-electron chi connectivity index (χ2n) is 7.73. The summed E-state index contributed by atoms with van der Waals surface area (Å²) in [7, 11) is 4.15. The van der Waals surface area contributed by atoms with Gasteiger partial charge in [0.25, 0.3) is 0 Å². The summed E-state index contributed by atoms with van der Waals surface area (Å²) in [4.78, 5) is 13.5. The Balaban J connectivity index is 1.29. The zero-order valence-electron chi connectivity index (χ0n) is 16.3. The lowest BCUT2D eigenvalue weighted by atomic mass is 10.2. The first kappa shape index (κ1) is 18.3. The number of anilines is 1.